The molecule has 3 fully saturated rings. The second-order valence-corrected chi connectivity index (χ2v) is 13.0. The van der Waals surface area contributed by atoms with Crippen LogP contribution < -0.4 is 4.74 Å². The summed E-state index contributed by atoms with van der Waals surface area (Å²) in [7, 11) is -3.87. The van der Waals surface area contributed by atoms with Crippen LogP contribution in [0.25, 0.3) is 0 Å². The number of benzene rings is 2. The lowest BCUT2D eigenvalue weighted by molar-refractivity contribution is -0.141. The van der Waals surface area contributed by atoms with E-state index in [4.69, 9.17) is 4.74 Å². The van der Waals surface area contributed by atoms with Crippen LogP contribution in [-0.4, -0.2) is 54.7 Å². The van der Waals surface area contributed by atoms with Crippen molar-refractivity contribution >= 4 is 15.9 Å². The molecule has 6 nitrogen and oxygen atoms in total. The molecule has 2 aliphatic heterocycles. The second kappa shape index (κ2) is 9.05. The van der Waals surface area contributed by atoms with Crippen LogP contribution in [-0.2, 0) is 27.8 Å². The zero-order chi connectivity index (χ0) is 25.9. The molecule has 4 aliphatic rings. The van der Waals surface area contributed by atoms with Crippen molar-refractivity contribution in [2.45, 2.75) is 74.9 Å². The summed E-state index contributed by atoms with van der Waals surface area (Å²) in [5, 5.41) is 0. The third-order valence-corrected chi connectivity index (χ3v) is 10.4. The highest BCUT2D eigenvalue weighted by Gasteiger charge is 2.60. The van der Waals surface area contributed by atoms with E-state index in [0.29, 0.717) is 13.2 Å². The van der Waals surface area contributed by atoms with Gasteiger partial charge in [0.25, 0.3) is 0 Å². The molecule has 2 saturated carbocycles. The summed E-state index contributed by atoms with van der Waals surface area (Å²) in [6.45, 7) is 3.08. The molecule has 6 rings (SSSR count). The van der Waals surface area contributed by atoms with E-state index in [1.54, 1.807) is 29.2 Å². The summed E-state index contributed by atoms with van der Waals surface area (Å²) in [4.78, 5) is 16.1. The Labute approximate surface area is 216 Å². The molecule has 9 heteroatoms. The lowest BCUT2D eigenvalue weighted by atomic mass is 9.90. The van der Waals surface area contributed by atoms with E-state index in [0.717, 1.165) is 35.3 Å². The quantitative estimate of drug-likeness (QED) is 0.550. The number of aryl methyl sites for hydroxylation is 1. The second-order valence-electron chi connectivity index (χ2n) is 11.1. The van der Waals surface area contributed by atoms with Crippen LogP contribution in [0.2, 0.25) is 0 Å². The summed E-state index contributed by atoms with van der Waals surface area (Å²) in [5.74, 6) is -2.05. The minimum absolute atomic E-state index is 0.0244. The predicted molar refractivity (Wildman–Crippen MR) is 134 cm³/mol. The summed E-state index contributed by atoms with van der Waals surface area (Å²) in [6.07, 6.45) is 1.53. The monoisotopic (exact) mass is 530 g/mol. The number of carbonyl (C=O) groups excluding carboxylic acids is 1. The maximum atomic E-state index is 14.2. The lowest BCUT2D eigenvalue weighted by Gasteiger charge is -2.39. The smallest absolute Gasteiger partial charge is 0.248 e. The summed E-state index contributed by atoms with van der Waals surface area (Å²) in [6, 6.07) is 11.4. The Morgan fingerprint density at radius 1 is 1.14 bits per heavy atom. The average Bonchev–Trinajstić information content (AvgIpc) is 3.29. The van der Waals surface area contributed by atoms with Gasteiger partial charge in [0.1, 0.15) is 11.8 Å². The summed E-state index contributed by atoms with van der Waals surface area (Å²) >= 11 is 0. The largest absolute Gasteiger partial charge is 0.493 e. The first-order valence-electron chi connectivity index (χ1n) is 13.1. The van der Waals surface area contributed by atoms with E-state index >= 15 is 0 Å². The molecule has 0 unspecified atom stereocenters. The fourth-order valence-corrected chi connectivity index (χ4v) is 7.91. The van der Waals surface area contributed by atoms with Crippen LogP contribution in [0.1, 0.15) is 48.8 Å². The van der Waals surface area contributed by atoms with E-state index in [1.807, 2.05) is 25.1 Å². The third kappa shape index (κ3) is 4.65. The fraction of sp³-hybridized carbons (Fsp3) is 0.536. The van der Waals surface area contributed by atoms with Crippen molar-refractivity contribution in [1.29, 1.82) is 0 Å². The Hall–Kier alpha value is -2.52. The number of carbonyl (C=O) groups is 1. The molecule has 37 heavy (non-hydrogen) atoms. The van der Waals surface area contributed by atoms with Crippen molar-refractivity contribution in [3.05, 3.63) is 59.2 Å². The molecule has 2 aromatic carbocycles. The van der Waals surface area contributed by atoms with E-state index < -0.39 is 22.0 Å². The molecule has 0 spiro atoms. The molecule has 0 aromatic heterocycles. The zero-order valence-electron chi connectivity index (χ0n) is 20.9. The number of alkyl halides is 2. The minimum atomic E-state index is -3.87. The molecular weight excluding hydrogens is 498 g/mol. The van der Waals surface area contributed by atoms with Gasteiger partial charge in [-0.05, 0) is 67.3 Å². The molecule has 1 amide bonds. The first kappa shape index (κ1) is 24.8. The van der Waals surface area contributed by atoms with Crippen molar-refractivity contribution in [1.82, 2.24) is 9.21 Å². The number of rotatable bonds is 6. The van der Waals surface area contributed by atoms with Crippen LogP contribution in [0, 0.1) is 18.8 Å². The molecule has 2 heterocycles. The Bertz CT molecular complexity index is 1300. The average molecular weight is 531 g/mol. The van der Waals surface area contributed by atoms with Gasteiger partial charge in [-0.2, -0.15) is 4.31 Å². The molecule has 1 saturated heterocycles. The predicted octanol–water partition coefficient (Wildman–Crippen LogP) is 4.55. The Kier molecular flexibility index (Phi) is 6.06. The normalized spacial score (nSPS) is 26.8. The van der Waals surface area contributed by atoms with E-state index in [9.17, 15) is 22.0 Å². The SMILES string of the molecule is Cc1ccc(S(=O)(=O)N2C[C@@H]3C[C@@H]3[C@H]2C(=O)N(Cc2ccc3c(c2)OCC3)C2CCC(F)(F)CC2)cc1. The van der Waals surface area contributed by atoms with Gasteiger partial charge >= 0.3 is 0 Å². The summed E-state index contributed by atoms with van der Waals surface area (Å²) in [5.41, 5.74) is 2.94. The zero-order valence-corrected chi connectivity index (χ0v) is 21.7. The highest BCUT2D eigenvalue weighted by molar-refractivity contribution is 7.89. The molecule has 2 aliphatic carbocycles. The van der Waals surface area contributed by atoms with Gasteiger partial charge in [0.15, 0.2) is 0 Å². The van der Waals surface area contributed by atoms with E-state index in [2.05, 4.69) is 0 Å². The van der Waals surface area contributed by atoms with Crippen LogP contribution >= 0.6 is 0 Å². The lowest BCUT2D eigenvalue weighted by Crippen LogP contribution is -2.53. The van der Waals surface area contributed by atoms with Crippen LogP contribution in [0.4, 0.5) is 8.78 Å². The first-order valence-corrected chi connectivity index (χ1v) is 14.6. The number of ether oxygens (including phenoxy) is 1. The van der Waals surface area contributed by atoms with Crippen molar-refractivity contribution in [2.75, 3.05) is 13.2 Å². The molecule has 2 aromatic rings. The van der Waals surface area contributed by atoms with Gasteiger partial charge in [-0.15, -0.1) is 0 Å². The molecule has 198 valence electrons. The number of hydrogen-bond acceptors (Lipinski definition) is 4. The number of piperidine rings is 1. The highest BCUT2D eigenvalue weighted by Crippen LogP contribution is 2.52. The maximum absolute atomic E-state index is 14.2. The number of hydrogen-bond donors (Lipinski definition) is 0. The number of amides is 1. The van der Waals surface area contributed by atoms with Crippen molar-refractivity contribution < 1.29 is 26.7 Å². The van der Waals surface area contributed by atoms with Gasteiger partial charge < -0.3 is 9.64 Å². The Morgan fingerprint density at radius 2 is 1.86 bits per heavy atom. The number of halogens is 2. The van der Waals surface area contributed by atoms with Gasteiger partial charge in [0.2, 0.25) is 21.9 Å². The maximum Gasteiger partial charge on any atom is 0.248 e. The summed E-state index contributed by atoms with van der Waals surface area (Å²) < 4.78 is 62.4. The Morgan fingerprint density at radius 3 is 2.59 bits per heavy atom. The van der Waals surface area contributed by atoms with Gasteiger partial charge in [0.05, 0.1) is 11.5 Å². The number of nitrogens with zero attached hydrogens (tertiary/aromatic N) is 2. The van der Waals surface area contributed by atoms with Gasteiger partial charge in [-0.1, -0.05) is 29.8 Å². The van der Waals surface area contributed by atoms with Crippen molar-refractivity contribution in [2.24, 2.45) is 11.8 Å². The molecule has 0 radical (unpaired) electrons. The van der Waals surface area contributed by atoms with Crippen LogP contribution in [0.15, 0.2) is 47.4 Å². The fourth-order valence-electron chi connectivity index (χ4n) is 6.22. The van der Waals surface area contributed by atoms with Gasteiger partial charge in [-0.25, -0.2) is 17.2 Å². The molecule has 3 atom stereocenters. The third-order valence-electron chi connectivity index (χ3n) is 8.51. The topological polar surface area (TPSA) is 66.9 Å². The molecular formula is C28H32F2N2O4S. The molecule has 0 bridgehead atoms. The van der Waals surface area contributed by atoms with Crippen LogP contribution in [0.3, 0.4) is 0 Å². The van der Waals surface area contributed by atoms with Gasteiger partial charge in [-0.3, -0.25) is 4.79 Å². The number of sulfonamides is 1. The highest BCUT2D eigenvalue weighted by atomic mass is 32.2. The van der Waals surface area contributed by atoms with Crippen molar-refractivity contribution in [3.8, 4) is 5.75 Å². The van der Waals surface area contributed by atoms with Crippen LogP contribution in [0.5, 0.6) is 5.75 Å². The first-order chi connectivity index (χ1) is 17.6. The number of fused-ring (bicyclic) bond motifs is 2. The minimum Gasteiger partial charge on any atom is -0.493 e. The molecule has 0 N–H and O–H groups in total. The van der Waals surface area contributed by atoms with E-state index in [1.165, 1.54) is 4.31 Å². The Balaban J connectivity index is 1.31. The standard InChI is InChI=1S/C28H32F2N2O4S/c1-18-2-6-23(7-3-18)37(34,35)32-17-21-15-24(21)26(32)27(33)31(22-8-11-28(29,30)12-9-22)16-19-4-5-20-10-13-36-25(20)14-19/h2-7,14,21-22,24,26H,8-13,15-17H2,1H3/t21-,24-,26-/m0/s1. The van der Waals surface area contributed by atoms with Crippen molar-refractivity contribution in [3.63, 3.8) is 0 Å². The van der Waals surface area contributed by atoms with E-state index in [-0.39, 0.29) is 60.9 Å². The van der Waals surface area contributed by atoms with Gasteiger partial charge in [0, 0.05) is 38.4 Å².